The van der Waals surface area contributed by atoms with Crippen LogP contribution in [-0.4, -0.2) is 30.1 Å². The van der Waals surface area contributed by atoms with Crippen LogP contribution in [0.25, 0.3) is 0 Å². The normalized spacial score (nSPS) is 9.12. The maximum absolute atomic E-state index is 5.06. The number of rotatable bonds is 5. The van der Waals surface area contributed by atoms with Gasteiger partial charge in [-0.2, -0.15) is 0 Å². The summed E-state index contributed by atoms with van der Waals surface area (Å²) in [6, 6.07) is 0. The first-order valence-electron chi connectivity index (χ1n) is 2.46. The standard InChI is InChI=1S/C5H11O2Si/c1-3-8-7-5-4-6-2/h3,8H,1,4-5H2,2H3. The first kappa shape index (κ1) is 7.88. The summed E-state index contributed by atoms with van der Waals surface area (Å²) >= 11 is 0. The van der Waals surface area contributed by atoms with E-state index in [0.717, 1.165) is 0 Å². The largest absolute Gasteiger partial charge is 0.413 e. The molecule has 0 saturated carbocycles. The molecule has 3 heteroatoms. The molecule has 0 rings (SSSR count). The molecule has 0 heterocycles. The lowest BCUT2D eigenvalue weighted by Crippen LogP contribution is -2.03. The van der Waals surface area contributed by atoms with Crippen LogP contribution >= 0.6 is 0 Å². The molecule has 0 aliphatic rings. The second-order valence-electron chi connectivity index (χ2n) is 1.24. The minimum Gasteiger partial charge on any atom is -0.413 e. The zero-order chi connectivity index (χ0) is 6.24. The molecule has 8 heavy (non-hydrogen) atoms. The van der Waals surface area contributed by atoms with Crippen molar-refractivity contribution in [1.29, 1.82) is 0 Å². The molecule has 0 aromatic carbocycles. The smallest absolute Gasteiger partial charge is 0.219 e. The Bertz CT molecular complexity index is 56.4. The average molecular weight is 131 g/mol. The van der Waals surface area contributed by atoms with Gasteiger partial charge in [-0.3, -0.25) is 0 Å². The summed E-state index contributed by atoms with van der Waals surface area (Å²) in [4.78, 5) is 0. The molecule has 0 bridgehead atoms. The summed E-state index contributed by atoms with van der Waals surface area (Å²) in [7, 11) is 1.66. The molecule has 0 amide bonds. The summed E-state index contributed by atoms with van der Waals surface area (Å²) in [5.41, 5.74) is 1.80. The van der Waals surface area contributed by atoms with E-state index in [0.29, 0.717) is 13.2 Å². The molecule has 0 spiro atoms. The van der Waals surface area contributed by atoms with Gasteiger partial charge in [-0.1, -0.05) is 5.70 Å². The zero-order valence-corrected chi connectivity index (χ0v) is 6.25. The van der Waals surface area contributed by atoms with Crippen molar-refractivity contribution in [2.75, 3.05) is 20.3 Å². The lowest BCUT2D eigenvalue weighted by molar-refractivity contribution is 0.150. The monoisotopic (exact) mass is 131 g/mol. The van der Waals surface area contributed by atoms with Crippen LogP contribution in [-0.2, 0) is 9.16 Å². The van der Waals surface area contributed by atoms with Crippen LogP contribution in [0.3, 0.4) is 0 Å². The van der Waals surface area contributed by atoms with Crippen molar-refractivity contribution in [1.82, 2.24) is 0 Å². The summed E-state index contributed by atoms with van der Waals surface area (Å²) in [6.45, 7) is 4.90. The number of hydrogen-bond donors (Lipinski definition) is 0. The van der Waals surface area contributed by atoms with Crippen LogP contribution in [0, 0.1) is 0 Å². The van der Waals surface area contributed by atoms with Crippen LogP contribution in [0.1, 0.15) is 0 Å². The lowest BCUT2D eigenvalue weighted by atomic mass is 10.8. The van der Waals surface area contributed by atoms with Gasteiger partial charge in [0.15, 0.2) is 0 Å². The van der Waals surface area contributed by atoms with Crippen molar-refractivity contribution in [2.45, 2.75) is 0 Å². The van der Waals surface area contributed by atoms with Gasteiger partial charge in [0.2, 0.25) is 9.76 Å². The number of ether oxygens (including phenoxy) is 1. The maximum atomic E-state index is 5.06. The molecule has 0 aliphatic carbocycles. The fourth-order valence-corrected chi connectivity index (χ4v) is 0.636. The Morgan fingerprint density at radius 1 is 1.62 bits per heavy atom. The first-order valence-corrected chi connectivity index (χ1v) is 3.60. The highest BCUT2D eigenvalue weighted by atomic mass is 28.2. The van der Waals surface area contributed by atoms with E-state index in [-0.39, 0.29) is 9.76 Å². The Balaban J connectivity index is 2.62. The molecule has 0 fully saturated rings. The lowest BCUT2D eigenvalue weighted by Gasteiger charge is -1.96. The van der Waals surface area contributed by atoms with Crippen LogP contribution in [0.15, 0.2) is 12.3 Å². The molecule has 1 radical (unpaired) electrons. The van der Waals surface area contributed by atoms with Crippen LogP contribution in [0.5, 0.6) is 0 Å². The topological polar surface area (TPSA) is 18.5 Å². The zero-order valence-electron chi connectivity index (χ0n) is 5.09. The SMILES string of the molecule is C=C[SiH]OCCOC. The average Bonchev–Trinajstić information content (AvgIpc) is 1.81. The summed E-state index contributed by atoms with van der Waals surface area (Å²) in [5, 5.41) is 0. The Morgan fingerprint density at radius 2 is 2.38 bits per heavy atom. The van der Waals surface area contributed by atoms with Crippen molar-refractivity contribution in [2.24, 2.45) is 0 Å². The van der Waals surface area contributed by atoms with Crippen molar-refractivity contribution >= 4 is 9.76 Å². The van der Waals surface area contributed by atoms with Crippen LogP contribution in [0.2, 0.25) is 0 Å². The van der Waals surface area contributed by atoms with Gasteiger partial charge >= 0.3 is 0 Å². The number of hydrogen-bond acceptors (Lipinski definition) is 2. The highest BCUT2D eigenvalue weighted by Gasteiger charge is 1.81. The molecule has 0 aromatic heterocycles. The highest BCUT2D eigenvalue weighted by molar-refractivity contribution is 6.33. The second kappa shape index (κ2) is 6.88. The van der Waals surface area contributed by atoms with Crippen LogP contribution < -0.4 is 0 Å². The molecule has 0 unspecified atom stereocenters. The molecule has 2 nitrogen and oxygen atoms in total. The van der Waals surface area contributed by atoms with Gasteiger partial charge in [-0.15, -0.1) is 6.58 Å². The van der Waals surface area contributed by atoms with E-state index >= 15 is 0 Å². The predicted molar refractivity (Wildman–Crippen MR) is 35.2 cm³/mol. The molecule has 0 saturated heterocycles. The Morgan fingerprint density at radius 3 is 2.88 bits per heavy atom. The first-order chi connectivity index (χ1) is 3.91. The Kier molecular flexibility index (Phi) is 6.77. The summed E-state index contributed by atoms with van der Waals surface area (Å²) in [5.74, 6) is 0. The molecule has 0 atom stereocenters. The maximum Gasteiger partial charge on any atom is 0.219 e. The van der Waals surface area contributed by atoms with Crippen molar-refractivity contribution in [3.05, 3.63) is 12.3 Å². The fraction of sp³-hybridized carbons (Fsp3) is 0.600. The molecule has 0 N–H and O–H groups in total. The van der Waals surface area contributed by atoms with Crippen molar-refractivity contribution in [3.63, 3.8) is 0 Å². The van der Waals surface area contributed by atoms with E-state index in [4.69, 9.17) is 9.16 Å². The van der Waals surface area contributed by atoms with E-state index < -0.39 is 0 Å². The van der Waals surface area contributed by atoms with E-state index in [1.807, 2.05) is 0 Å². The van der Waals surface area contributed by atoms with Gasteiger partial charge in [0.05, 0.1) is 13.2 Å². The van der Waals surface area contributed by atoms with Gasteiger partial charge in [-0.05, 0) is 0 Å². The molecular weight excluding hydrogens is 120 g/mol. The van der Waals surface area contributed by atoms with E-state index in [1.165, 1.54) is 0 Å². The molecule has 47 valence electrons. The summed E-state index contributed by atoms with van der Waals surface area (Å²) in [6.07, 6.45) is 0. The van der Waals surface area contributed by atoms with E-state index in [2.05, 4.69) is 6.58 Å². The van der Waals surface area contributed by atoms with Gasteiger partial charge in [0, 0.05) is 7.11 Å². The van der Waals surface area contributed by atoms with E-state index in [9.17, 15) is 0 Å². The second-order valence-corrected chi connectivity index (χ2v) is 2.31. The van der Waals surface area contributed by atoms with E-state index in [1.54, 1.807) is 12.8 Å². The minimum atomic E-state index is -0.00306. The Hall–Kier alpha value is -0.123. The van der Waals surface area contributed by atoms with Gasteiger partial charge in [0.25, 0.3) is 0 Å². The third-order valence-electron chi connectivity index (χ3n) is 0.598. The van der Waals surface area contributed by atoms with Crippen molar-refractivity contribution < 1.29 is 9.16 Å². The molecule has 0 aromatic rings. The summed E-state index contributed by atoms with van der Waals surface area (Å²) < 4.78 is 9.81. The highest BCUT2D eigenvalue weighted by Crippen LogP contribution is 1.71. The molecular formula is C5H11O2Si. The Labute approximate surface area is 52.4 Å². The van der Waals surface area contributed by atoms with Crippen molar-refractivity contribution in [3.8, 4) is 0 Å². The predicted octanol–water partition coefficient (Wildman–Crippen LogP) is 0.144. The molecule has 0 aliphatic heterocycles. The van der Waals surface area contributed by atoms with Crippen LogP contribution in [0.4, 0.5) is 0 Å². The third kappa shape index (κ3) is 5.88. The fourth-order valence-electron chi connectivity index (χ4n) is 0.268. The van der Waals surface area contributed by atoms with Gasteiger partial charge in [-0.25, -0.2) is 0 Å². The van der Waals surface area contributed by atoms with Gasteiger partial charge in [0.1, 0.15) is 0 Å². The number of methoxy groups -OCH3 is 1. The quantitative estimate of drug-likeness (QED) is 0.390. The third-order valence-corrected chi connectivity index (χ3v) is 1.22. The minimum absolute atomic E-state index is 0.00306. The van der Waals surface area contributed by atoms with Gasteiger partial charge < -0.3 is 9.16 Å².